The second-order valence-corrected chi connectivity index (χ2v) is 5.91. The first-order valence-corrected chi connectivity index (χ1v) is 7.05. The lowest BCUT2D eigenvalue weighted by Crippen LogP contribution is -2.43. The van der Waals surface area contributed by atoms with Gasteiger partial charge in [-0.05, 0) is 38.2 Å². The minimum atomic E-state index is -0.363. The Balaban J connectivity index is 1.97. The summed E-state index contributed by atoms with van der Waals surface area (Å²) in [6, 6.07) is 8.82. The molecular formula is C16H25NO. The molecule has 1 N–H and O–H groups in total. The monoisotopic (exact) mass is 247 g/mol. The van der Waals surface area contributed by atoms with Crippen molar-refractivity contribution in [1.82, 2.24) is 4.90 Å². The molecule has 0 saturated carbocycles. The number of rotatable bonds is 3. The molecule has 0 spiro atoms. The Kier molecular flexibility index (Phi) is 4.41. The molecule has 1 saturated heterocycles. The number of aryl methyl sites for hydroxylation is 1. The zero-order valence-corrected chi connectivity index (χ0v) is 11.8. The molecule has 3 unspecified atom stereocenters. The topological polar surface area (TPSA) is 23.5 Å². The van der Waals surface area contributed by atoms with Gasteiger partial charge in [-0.3, -0.25) is 4.90 Å². The highest BCUT2D eigenvalue weighted by Crippen LogP contribution is 2.24. The van der Waals surface area contributed by atoms with Gasteiger partial charge in [0.15, 0.2) is 0 Å². The molecule has 1 fully saturated rings. The molecule has 1 heterocycles. The summed E-state index contributed by atoms with van der Waals surface area (Å²) in [5.41, 5.74) is 2.27. The molecule has 1 aromatic rings. The van der Waals surface area contributed by atoms with Crippen molar-refractivity contribution in [3.8, 4) is 0 Å². The number of aliphatic hydroxyl groups is 1. The summed E-state index contributed by atoms with van der Waals surface area (Å²) in [7, 11) is 0. The van der Waals surface area contributed by atoms with Gasteiger partial charge in [0.2, 0.25) is 0 Å². The molecule has 1 aliphatic rings. The minimum Gasteiger partial charge on any atom is -0.387 e. The molecule has 100 valence electrons. The summed E-state index contributed by atoms with van der Waals surface area (Å²) >= 11 is 0. The van der Waals surface area contributed by atoms with E-state index in [0.29, 0.717) is 6.04 Å². The fourth-order valence-electron chi connectivity index (χ4n) is 2.75. The number of hydrogen-bond donors (Lipinski definition) is 1. The zero-order chi connectivity index (χ0) is 13.1. The van der Waals surface area contributed by atoms with Crippen molar-refractivity contribution < 1.29 is 5.11 Å². The summed E-state index contributed by atoms with van der Waals surface area (Å²) in [5, 5.41) is 10.3. The van der Waals surface area contributed by atoms with Crippen LogP contribution in [0.3, 0.4) is 0 Å². The van der Waals surface area contributed by atoms with Crippen LogP contribution in [0, 0.1) is 12.8 Å². The van der Waals surface area contributed by atoms with E-state index in [9.17, 15) is 5.11 Å². The lowest BCUT2D eigenvalue weighted by molar-refractivity contribution is 0.0568. The van der Waals surface area contributed by atoms with E-state index in [4.69, 9.17) is 0 Å². The molecule has 2 heteroatoms. The quantitative estimate of drug-likeness (QED) is 0.887. The van der Waals surface area contributed by atoms with Gasteiger partial charge in [-0.1, -0.05) is 36.8 Å². The van der Waals surface area contributed by atoms with Crippen molar-refractivity contribution in [3.63, 3.8) is 0 Å². The van der Waals surface area contributed by atoms with Crippen LogP contribution < -0.4 is 0 Å². The maximum atomic E-state index is 10.3. The van der Waals surface area contributed by atoms with Crippen LogP contribution in [0.5, 0.6) is 0 Å². The molecule has 2 nitrogen and oxygen atoms in total. The molecule has 2 rings (SSSR count). The van der Waals surface area contributed by atoms with Gasteiger partial charge in [-0.2, -0.15) is 0 Å². The number of nitrogens with zero attached hydrogens (tertiary/aromatic N) is 1. The molecule has 0 aliphatic carbocycles. The first-order valence-electron chi connectivity index (χ1n) is 7.05. The lowest BCUT2D eigenvalue weighted by Gasteiger charge is -2.37. The highest BCUT2D eigenvalue weighted by atomic mass is 16.3. The van der Waals surface area contributed by atoms with E-state index >= 15 is 0 Å². The highest BCUT2D eigenvalue weighted by molar-refractivity contribution is 5.23. The highest BCUT2D eigenvalue weighted by Gasteiger charge is 2.24. The van der Waals surface area contributed by atoms with Gasteiger partial charge < -0.3 is 5.11 Å². The zero-order valence-electron chi connectivity index (χ0n) is 11.8. The maximum absolute atomic E-state index is 10.3. The van der Waals surface area contributed by atoms with E-state index in [0.717, 1.165) is 24.6 Å². The summed E-state index contributed by atoms with van der Waals surface area (Å²) in [4.78, 5) is 2.43. The molecule has 1 aromatic carbocycles. The summed E-state index contributed by atoms with van der Waals surface area (Å²) in [6.45, 7) is 8.52. The third-order valence-corrected chi connectivity index (χ3v) is 4.12. The Bertz CT molecular complexity index is 373. The van der Waals surface area contributed by atoms with Gasteiger partial charge in [0.25, 0.3) is 0 Å². The number of β-amino-alcohol motifs (C(OH)–C–C–N with tert-alkyl or cyclic N) is 1. The first-order chi connectivity index (χ1) is 8.56. The van der Waals surface area contributed by atoms with Gasteiger partial charge in [0.05, 0.1) is 6.10 Å². The Morgan fingerprint density at radius 2 is 1.89 bits per heavy atom. The normalized spacial score (nSPS) is 27.1. The predicted octanol–water partition coefficient (Wildman–Crippen LogP) is 3.15. The van der Waals surface area contributed by atoms with E-state index in [1.54, 1.807) is 0 Å². The summed E-state index contributed by atoms with van der Waals surface area (Å²) in [5.74, 6) is 0.756. The van der Waals surface area contributed by atoms with Crippen molar-refractivity contribution in [2.45, 2.75) is 45.8 Å². The average molecular weight is 247 g/mol. The van der Waals surface area contributed by atoms with E-state index in [-0.39, 0.29) is 6.10 Å². The van der Waals surface area contributed by atoms with Crippen LogP contribution in [0.1, 0.15) is 43.9 Å². The molecular weight excluding hydrogens is 222 g/mol. The number of hydrogen-bond acceptors (Lipinski definition) is 2. The number of aliphatic hydroxyl groups excluding tert-OH is 1. The van der Waals surface area contributed by atoms with Crippen molar-refractivity contribution in [2.24, 2.45) is 5.92 Å². The van der Waals surface area contributed by atoms with Crippen LogP contribution in [-0.4, -0.2) is 29.1 Å². The number of benzene rings is 1. The van der Waals surface area contributed by atoms with Gasteiger partial charge >= 0.3 is 0 Å². The second kappa shape index (κ2) is 5.85. The number of likely N-dealkylation sites (tertiary alicyclic amines) is 1. The van der Waals surface area contributed by atoms with Crippen LogP contribution in [0.2, 0.25) is 0 Å². The van der Waals surface area contributed by atoms with Gasteiger partial charge in [0, 0.05) is 19.1 Å². The molecule has 18 heavy (non-hydrogen) atoms. The van der Waals surface area contributed by atoms with Crippen LogP contribution in [0.15, 0.2) is 24.3 Å². The van der Waals surface area contributed by atoms with Gasteiger partial charge in [-0.25, -0.2) is 0 Å². The van der Waals surface area contributed by atoms with Gasteiger partial charge in [-0.15, -0.1) is 0 Å². The van der Waals surface area contributed by atoms with Crippen LogP contribution >= 0.6 is 0 Å². The second-order valence-electron chi connectivity index (χ2n) is 5.91. The smallest absolute Gasteiger partial charge is 0.0917 e. The molecule has 3 atom stereocenters. The van der Waals surface area contributed by atoms with Gasteiger partial charge in [0.1, 0.15) is 0 Å². The van der Waals surface area contributed by atoms with Crippen molar-refractivity contribution in [3.05, 3.63) is 35.4 Å². The van der Waals surface area contributed by atoms with Crippen molar-refractivity contribution >= 4 is 0 Å². The minimum absolute atomic E-state index is 0.363. The van der Waals surface area contributed by atoms with E-state index in [1.807, 2.05) is 12.1 Å². The largest absolute Gasteiger partial charge is 0.387 e. The molecule has 0 bridgehead atoms. The molecule has 0 aromatic heterocycles. The Morgan fingerprint density at radius 1 is 1.22 bits per heavy atom. The standard InChI is InChI=1S/C16H25NO/c1-12-5-8-15(9-6-12)16(18)11-17-10-13(2)4-7-14(17)3/h5-6,8-9,13-14,16,18H,4,7,10-11H2,1-3H3. The Labute approximate surface area is 111 Å². The molecule has 1 aliphatic heterocycles. The summed E-state index contributed by atoms with van der Waals surface area (Å²) in [6.07, 6.45) is 2.21. The Morgan fingerprint density at radius 3 is 2.56 bits per heavy atom. The van der Waals surface area contributed by atoms with Crippen molar-refractivity contribution in [2.75, 3.05) is 13.1 Å². The molecule has 0 radical (unpaired) electrons. The van der Waals surface area contributed by atoms with Crippen LogP contribution in [0.4, 0.5) is 0 Å². The molecule has 0 amide bonds. The third kappa shape index (κ3) is 3.33. The van der Waals surface area contributed by atoms with Crippen molar-refractivity contribution in [1.29, 1.82) is 0 Å². The SMILES string of the molecule is Cc1ccc(C(O)CN2CC(C)CCC2C)cc1. The summed E-state index contributed by atoms with van der Waals surface area (Å²) < 4.78 is 0. The fourth-order valence-corrected chi connectivity index (χ4v) is 2.75. The number of piperidine rings is 1. The average Bonchev–Trinajstić information content (AvgIpc) is 2.34. The van der Waals surface area contributed by atoms with E-state index in [1.165, 1.54) is 18.4 Å². The van der Waals surface area contributed by atoms with E-state index < -0.39 is 0 Å². The van der Waals surface area contributed by atoms with E-state index in [2.05, 4.69) is 37.8 Å². The Hall–Kier alpha value is -0.860. The lowest BCUT2D eigenvalue weighted by atomic mass is 9.94. The van der Waals surface area contributed by atoms with Crippen LogP contribution in [0.25, 0.3) is 0 Å². The third-order valence-electron chi connectivity index (χ3n) is 4.12. The fraction of sp³-hybridized carbons (Fsp3) is 0.625. The van der Waals surface area contributed by atoms with Crippen LogP contribution in [-0.2, 0) is 0 Å². The maximum Gasteiger partial charge on any atom is 0.0917 e. The predicted molar refractivity (Wildman–Crippen MR) is 75.6 cm³/mol. The first kappa shape index (κ1) is 13.6.